The number of hydrogen-bond donors (Lipinski definition) is 2. The molecule has 0 bridgehead atoms. The van der Waals surface area contributed by atoms with Gasteiger partial charge >= 0.3 is 5.97 Å². The molecular weight excluding hydrogens is 318 g/mol. The Morgan fingerprint density at radius 2 is 1.83 bits per heavy atom. The molecule has 1 amide bonds. The van der Waals surface area contributed by atoms with Gasteiger partial charge in [-0.15, -0.1) is 0 Å². The highest BCUT2D eigenvalue weighted by Gasteiger charge is 2.21. The third kappa shape index (κ3) is 4.47. The number of hydrogen-bond acceptors (Lipinski definition) is 4. The van der Waals surface area contributed by atoms with E-state index in [-0.39, 0.29) is 11.3 Å². The standard InChI is InChI=1S/C17H16ClNO4/c1-10-3-6-13(7-4-10)19-16(21)11(2)23-17(22)14-8-5-12(18)9-15(14)20/h3-9,11,20H,1-2H3,(H,19,21)/t11-/m0/s1. The van der Waals surface area contributed by atoms with Crippen molar-refractivity contribution in [3.05, 3.63) is 58.6 Å². The van der Waals surface area contributed by atoms with E-state index < -0.39 is 18.0 Å². The van der Waals surface area contributed by atoms with Crippen LogP contribution in [-0.4, -0.2) is 23.1 Å². The van der Waals surface area contributed by atoms with E-state index in [1.165, 1.54) is 25.1 Å². The predicted octanol–water partition coefficient (Wildman–Crippen LogP) is 3.54. The molecule has 6 heteroatoms. The van der Waals surface area contributed by atoms with Crippen molar-refractivity contribution in [2.75, 3.05) is 5.32 Å². The monoisotopic (exact) mass is 333 g/mol. The highest BCUT2D eigenvalue weighted by Crippen LogP contribution is 2.23. The van der Waals surface area contributed by atoms with Crippen LogP contribution in [0.15, 0.2) is 42.5 Å². The van der Waals surface area contributed by atoms with Gasteiger partial charge in [-0.2, -0.15) is 0 Å². The van der Waals surface area contributed by atoms with Gasteiger partial charge in [-0.25, -0.2) is 4.79 Å². The van der Waals surface area contributed by atoms with Crippen molar-refractivity contribution in [3.63, 3.8) is 0 Å². The average Bonchev–Trinajstić information content (AvgIpc) is 2.49. The molecule has 0 heterocycles. The van der Waals surface area contributed by atoms with Crippen molar-refractivity contribution in [2.45, 2.75) is 20.0 Å². The van der Waals surface area contributed by atoms with Gasteiger partial charge in [0.15, 0.2) is 6.10 Å². The van der Waals surface area contributed by atoms with Crippen LogP contribution in [0.3, 0.4) is 0 Å². The number of benzene rings is 2. The largest absolute Gasteiger partial charge is 0.507 e. The van der Waals surface area contributed by atoms with Crippen LogP contribution in [0, 0.1) is 6.92 Å². The van der Waals surface area contributed by atoms with E-state index in [2.05, 4.69) is 5.32 Å². The first-order chi connectivity index (χ1) is 10.9. The Balaban J connectivity index is 2.00. The van der Waals surface area contributed by atoms with Crippen molar-refractivity contribution >= 4 is 29.2 Å². The lowest BCUT2D eigenvalue weighted by Crippen LogP contribution is -2.30. The second-order valence-corrected chi connectivity index (χ2v) is 5.50. The van der Waals surface area contributed by atoms with E-state index in [9.17, 15) is 14.7 Å². The van der Waals surface area contributed by atoms with E-state index >= 15 is 0 Å². The second kappa shape index (κ2) is 7.15. The Kier molecular flexibility index (Phi) is 5.24. The van der Waals surface area contributed by atoms with Gasteiger partial charge in [0.2, 0.25) is 0 Å². The third-order valence-electron chi connectivity index (χ3n) is 3.15. The summed E-state index contributed by atoms with van der Waals surface area (Å²) in [6, 6.07) is 11.3. The van der Waals surface area contributed by atoms with Crippen LogP contribution >= 0.6 is 11.6 Å². The fourth-order valence-corrected chi connectivity index (χ4v) is 2.00. The van der Waals surface area contributed by atoms with E-state index in [1.807, 2.05) is 19.1 Å². The summed E-state index contributed by atoms with van der Waals surface area (Å²) in [5.41, 5.74) is 1.63. The lowest BCUT2D eigenvalue weighted by Gasteiger charge is -2.14. The zero-order chi connectivity index (χ0) is 17.0. The number of esters is 1. The van der Waals surface area contributed by atoms with Crippen LogP contribution in [0.5, 0.6) is 5.75 Å². The van der Waals surface area contributed by atoms with E-state index in [0.717, 1.165) is 5.56 Å². The average molecular weight is 334 g/mol. The van der Waals surface area contributed by atoms with E-state index in [1.54, 1.807) is 12.1 Å². The molecule has 0 fully saturated rings. The van der Waals surface area contributed by atoms with Crippen LogP contribution in [0.25, 0.3) is 0 Å². The van der Waals surface area contributed by atoms with Gasteiger partial charge in [0.05, 0.1) is 0 Å². The molecule has 120 valence electrons. The molecule has 0 saturated heterocycles. The number of ether oxygens (including phenoxy) is 1. The summed E-state index contributed by atoms with van der Waals surface area (Å²) in [4.78, 5) is 24.0. The Morgan fingerprint density at radius 1 is 1.17 bits per heavy atom. The molecule has 1 atom stereocenters. The molecule has 2 N–H and O–H groups in total. The maximum atomic E-state index is 12.0. The van der Waals surface area contributed by atoms with Gasteiger partial charge < -0.3 is 15.2 Å². The van der Waals surface area contributed by atoms with Crippen molar-refractivity contribution < 1.29 is 19.4 Å². The fourth-order valence-electron chi connectivity index (χ4n) is 1.84. The Labute approximate surface area is 138 Å². The number of aromatic hydroxyl groups is 1. The smallest absolute Gasteiger partial charge is 0.342 e. The van der Waals surface area contributed by atoms with E-state index in [4.69, 9.17) is 16.3 Å². The maximum absolute atomic E-state index is 12.0. The number of halogens is 1. The minimum Gasteiger partial charge on any atom is -0.507 e. The number of phenols is 1. The highest BCUT2D eigenvalue weighted by atomic mass is 35.5. The van der Waals surface area contributed by atoms with Crippen molar-refractivity contribution in [1.82, 2.24) is 0 Å². The predicted molar refractivity (Wildman–Crippen MR) is 87.8 cm³/mol. The Bertz CT molecular complexity index is 728. The lowest BCUT2D eigenvalue weighted by atomic mass is 10.2. The molecule has 0 aliphatic heterocycles. The van der Waals surface area contributed by atoms with Gasteiger partial charge in [0, 0.05) is 10.7 Å². The molecule has 0 saturated carbocycles. The Hall–Kier alpha value is -2.53. The van der Waals surface area contributed by atoms with Crippen LogP contribution in [0.1, 0.15) is 22.8 Å². The van der Waals surface area contributed by atoms with Crippen LogP contribution in [-0.2, 0) is 9.53 Å². The number of carbonyl (C=O) groups is 2. The molecule has 2 aromatic carbocycles. The van der Waals surface area contributed by atoms with Gasteiger partial charge in [-0.05, 0) is 44.2 Å². The minimum absolute atomic E-state index is 0.0515. The summed E-state index contributed by atoms with van der Waals surface area (Å²) in [6.45, 7) is 3.39. The molecule has 23 heavy (non-hydrogen) atoms. The first-order valence-corrected chi connectivity index (χ1v) is 7.31. The summed E-state index contributed by atoms with van der Waals surface area (Å²) >= 11 is 5.70. The number of phenolic OH excluding ortho intramolecular Hbond substituents is 1. The summed E-state index contributed by atoms with van der Waals surface area (Å²) in [5.74, 6) is -1.56. The molecular formula is C17H16ClNO4. The number of carbonyl (C=O) groups excluding carboxylic acids is 2. The van der Waals surface area contributed by atoms with Crippen molar-refractivity contribution in [2.24, 2.45) is 0 Å². The third-order valence-corrected chi connectivity index (χ3v) is 3.39. The molecule has 0 spiro atoms. The first-order valence-electron chi connectivity index (χ1n) is 6.94. The summed E-state index contributed by atoms with van der Waals surface area (Å²) in [6.07, 6.45) is -1.01. The fraction of sp³-hybridized carbons (Fsp3) is 0.176. The van der Waals surface area contributed by atoms with E-state index in [0.29, 0.717) is 10.7 Å². The van der Waals surface area contributed by atoms with Crippen molar-refractivity contribution in [1.29, 1.82) is 0 Å². The van der Waals surface area contributed by atoms with Crippen LogP contribution in [0.4, 0.5) is 5.69 Å². The molecule has 2 aromatic rings. The molecule has 0 radical (unpaired) electrons. The van der Waals surface area contributed by atoms with Crippen LogP contribution in [0.2, 0.25) is 5.02 Å². The molecule has 5 nitrogen and oxygen atoms in total. The second-order valence-electron chi connectivity index (χ2n) is 5.06. The molecule has 2 rings (SSSR count). The Morgan fingerprint density at radius 3 is 2.43 bits per heavy atom. The van der Waals surface area contributed by atoms with Gasteiger partial charge in [-0.3, -0.25) is 4.79 Å². The van der Waals surface area contributed by atoms with Gasteiger partial charge in [-0.1, -0.05) is 29.3 Å². The molecule has 0 unspecified atom stereocenters. The lowest BCUT2D eigenvalue weighted by molar-refractivity contribution is -0.123. The highest BCUT2D eigenvalue weighted by molar-refractivity contribution is 6.30. The zero-order valence-electron chi connectivity index (χ0n) is 12.7. The normalized spacial score (nSPS) is 11.6. The van der Waals surface area contributed by atoms with Crippen molar-refractivity contribution in [3.8, 4) is 5.75 Å². The quantitative estimate of drug-likeness (QED) is 0.839. The summed E-state index contributed by atoms with van der Waals surface area (Å²) in [7, 11) is 0. The van der Waals surface area contributed by atoms with Gasteiger partial charge in [0.25, 0.3) is 5.91 Å². The maximum Gasteiger partial charge on any atom is 0.342 e. The molecule has 0 aromatic heterocycles. The topological polar surface area (TPSA) is 75.6 Å². The molecule has 0 aliphatic rings. The summed E-state index contributed by atoms with van der Waals surface area (Å²) < 4.78 is 5.06. The SMILES string of the molecule is Cc1ccc(NC(=O)[C@H](C)OC(=O)c2ccc(Cl)cc2O)cc1. The van der Waals surface area contributed by atoms with Gasteiger partial charge in [0.1, 0.15) is 11.3 Å². The number of aryl methyl sites for hydroxylation is 1. The number of anilines is 1. The first kappa shape index (κ1) is 16.8. The zero-order valence-corrected chi connectivity index (χ0v) is 13.4. The minimum atomic E-state index is -1.01. The summed E-state index contributed by atoms with van der Waals surface area (Å²) in [5, 5.41) is 12.6. The number of rotatable bonds is 4. The number of nitrogens with one attached hydrogen (secondary N) is 1. The number of amides is 1. The van der Waals surface area contributed by atoms with Crippen LogP contribution < -0.4 is 5.32 Å². The molecule has 0 aliphatic carbocycles.